The van der Waals surface area contributed by atoms with Crippen LogP contribution in [0.15, 0.2) is 23.2 Å². The molecule has 1 aromatic rings. The maximum atomic E-state index is 12.5. The molecule has 0 saturated carbocycles. The summed E-state index contributed by atoms with van der Waals surface area (Å²) in [7, 11) is -1.85. The van der Waals surface area contributed by atoms with Crippen molar-refractivity contribution < 1.29 is 8.42 Å². The first kappa shape index (κ1) is 15.9. The Morgan fingerprint density at radius 2 is 2.05 bits per heavy atom. The van der Waals surface area contributed by atoms with Gasteiger partial charge in [0.05, 0.1) is 0 Å². The number of pyridine rings is 1. The lowest BCUT2D eigenvalue weighted by molar-refractivity contribution is 0.459. The molecule has 6 heteroatoms. The first-order chi connectivity index (χ1) is 9.04. The fourth-order valence-corrected chi connectivity index (χ4v) is 2.97. The summed E-state index contributed by atoms with van der Waals surface area (Å²) >= 11 is 0. The third-order valence-electron chi connectivity index (χ3n) is 2.83. The van der Waals surface area contributed by atoms with Gasteiger partial charge in [-0.1, -0.05) is 20.3 Å². The topological polar surface area (TPSA) is 62.3 Å². The van der Waals surface area contributed by atoms with Crippen molar-refractivity contribution in [2.24, 2.45) is 0 Å². The van der Waals surface area contributed by atoms with Crippen LogP contribution in [-0.2, 0) is 10.0 Å². The first-order valence-corrected chi connectivity index (χ1v) is 8.13. The average molecular weight is 285 g/mol. The van der Waals surface area contributed by atoms with Crippen LogP contribution in [0.25, 0.3) is 0 Å². The summed E-state index contributed by atoms with van der Waals surface area (Å²) in [5, 5.41) is 3.06. The van der Waals surface area contributed by atoms with Crippen molar-refractivity contribution in [2.45, 2.75) is 38.0 Å². The lowest BCUT2D eigenvalue weighted by Crippen LogP contribution is -2.28. The average Bonchev–Trinajstić information content (AvgIpc) is 2.42. The molecule has 0 aliphatic heterocycles. The Balaban J connectivity index is 3.00. The van der Waals surface area contributed by atoms with Crippen LogP contribution in [0.2, 0.25) is 0 Å². The summed E-state index contributed by atoms with van der Waals surface area (Å²) in [6, 6.07) is 3.25. The van der Waals surface area contributed by atoms with Crippen molar-refractivity contribution >= 4 is 15.8 Å². The molecule has 0 fully saturated rings. The normalized spacial score (nSPS) is 11.8. The number of rotatable bonds is 8. The lowest BCUT2D eigenvalue weighted by atomic mass is 10.3. The van der Waals surface area contributed by atoms with Crippen molar-refractivity contribution in [1.82, 2.24) is 9.29 Å². The number of sulfonamides is 1. The van der Waals surface area contributed by atoms with Crippen molar-refractivity contribution in [2.75, 3.05) is 25.5 Å². The summed E-state index contributed by atoms with van der Waals surface area (Å²) in [6.07, 6.45) is 4.34. The number of nitrogens with one attached hydrogen (secondary N) is 1. The fraction of sp³-hybridized carbons (Fsp3) is 0.615. The molecule has 0 aliphatic carbocycles. The summed E-state index contributed by atoms with van der Waals surface area (Å²) in [5.41, 5.74) is 0. The van der Waals surface area contributed by atoms with Gasteiger partial charge < -0.3 is 5.32 Å². The predicted molar refractivity (Wildman–Crippen MR) is 77.7 cm³/mol. The molecule has 108 valence electrons. The van der Waals surface area contributed by atoms with Gasteiger partial charge in [0.1, 0.15) is 10.7 Å². The van der Waals surface area contributed by atoms with Gasteiger partial charge in [-0.15, -0.1) is 0 Å². The molecule has 1 rings (SSSR count). The van der Waals surface area contributed by atoms with E-state index in [1.165, 1.54) is 4.31 Å². The van der Waals surface area contributed by atoms with Crippen molar-refractivity contribution in [3.8, 4) is 0 Å². The Bertz CT molecular complexity index is 488. The van der Waals surface area contributed by atoms with Gasteiger partial charge in [0, 0.05) is 26.3 Å². The molecule has 0 saturated heterocycles. The zero-order valence-electron chi connectivity index (χ0n) is 11.9. The van der Waals surface area contributed by atoms with E-state index in [1.54, 1.807) is 25.4 Å². The smallest absolute Gasteiger partial charge is 0.246 e. The molecule has 0 aliphatic rings. The summed E-state index contributed by atoms with van der Waals surface area (Å²) in [6.45, 7) is 5.30. The van der Waals surface area contributed by atoms with Crippen LogP contribution >= 0.6 is 0 Å². The molecule has 1 heterocycles. The number of anilines is 1. The molecular formula is C13H23N3O2S. The Kier molecular flexibility index (Phi) is 6.24. The minimum absolute atomic E-state index is 0.252. The Morgan fingerprint density at radius 1 is 1.32 bits per heavy atom. The standard InChI is InChI=1S/C13H23N3O2S/c1-4-6-11-16(3)19(17,18)12-8-7-10-15-13(12)14-9-5-2/h7-8,10H,4-6,9,11H2,1-3H3,(H,14,15). The van der Waals surface area contributed by atoms with Gasteiger partial charge >= 0.3 is 0 Å². The Morgan fingerprint density at radius 3 is 2.68 bits per heavy atom. The molecule has 0 spiro atoms. The van der Waals surface area contributed by atoms with E-state index in [0.717, 1.165) is 19.3 Å². The molecule has 5 nitrogen and oxygen atoms in total. The van der Waals surface area contributed by atoms with Crippen LogP contribution in [0.1, 0.15) is 33.1 Å². The van der Waals surface area contributed by atoms with Gasteiger partial charge in [-0.05, 0) is 25.0 Å². The Hall–Kier alpha value is -1.14. The van der Waals surface area contributed by atoms with Crippen molar-refractivity contribution in [3.05, 3.63) is 18.3 Å². The quantitative estimate of drug-likeness (QED) is 0.796. The highest BCUT2D eigenvalue weighted by molar-refractivity contribution is 7.89. The van der Waals surface area contributed by atoms with E-state index in [0.29, 0.717) is 18.9 Å². The molecule has 19 heavy (non-hydrogen) atoms. The van der Waals surface area contributed by atoms with Crippen LogP contribution in [0.5, 0.6) is 0 Å². The molecule has 0 atom stereocenters. The second kappa shape index (κ2) is 7.45. The van der Waals surface area contributed by atoms with E-state index in [2.05, 4.69) is 10.3 Å². The summed E-state index contributed by atoms with van der Waals surface area (Å²) in [4.78, 5) is 4.38. The van der Waals surface area contributed by atoms with Crippen LogP contribution in [-0.4, -0.2) is 37.8 Å². The van der Waals surface area contributed by atoms with E-state index in [-0.39, 0.29) is 4.90 Å². The molecule has 1 N–H and O–H groups in total. The van der Waals surface area contributed by atoms with Gasteiger partial charge in [0.15, 0.2) is 0 Å². The highest BCUT2D eigenvalue weighted by Gasteiger charge is 2.23. The largest absolute Gasteiger partial charge is 0.369 e. The zero-order valence-corrected chi connectivity index (χ0v) is 12.7. The maximum Gasteiger partial charge on any atom is 0.246 e. The number of hydrogen-bond acceptors (Lipinski definition) is 4. The summed E-state index contributed by atoms with van der Waals surface area (Å²) < 4.78 is 26.3. The second-order valence-corrected chi connectivity index (χ2v) is 6.47. The summed E-state index contributed by atoms with van der Waals surface area (Å²) in [5.74, 6) is 0.438. The number of unbranched alkanes of at least 4 members (excludes halogenated alkanes) is 1. The van der Waals surface area contributed by atoms with Crippen LogP contribution in [0.3, 0.4) is 0 Å². The van der Waals surface area contributed by atoms with E-state index < -0.39 is 10.0 Å². The monoisotopic (exact) mass is 285 g/mol. The van der Waals surface area contributed by atoms with Gasteiger partial charge in [0.25, 0.3) is 0 Å². The van der Waals surface area contributed by atoms with Crippen LogP contribution in [0, 0.1) is 0 Å². The minimum atomic E-state index is -3.46. The first-order valence-electron chi connectivity index (χ1n) is 6.69. The molecular weight excluding hydrogens is 262 g/mol. The molecule has 0 unspecified atom stereocenters. The lowest BCUT2D eigenvalue weighted by Gasteiger charge is -2.18. The van der Waals surface area contributed by atoms with Gasteiger partial charge in [-0.3, -0.25) is 0 Å². The van der Waals surface area contributed by atoms with Crippen molar-refractivity contribution in [3.63, 3.8) is 0 Å². The van der Waals surface area contributed by atoms with Crippen LogP contribution in [0.4, 0.5) is 5.82 Å². The van der Waals surface area contributed by atoms with Gasteiger partial charge in [-0.2, -0.15) is 0 Å². The van der Waals surface area contributed by atoms with E-state index >= 15 is 0 Å². The number of hydrogen-bond donors (Lipinski definition) is 1. The highest BCUT2D eigenvalue weighted by atomic mass is 32.2. The molecule has 0 amide bonds. The van der Waals surface area contributed by atoms with Gasteiger partial charge in [0.2, 0.25) is 10.0 Å². The molecule has 0 aromatic carbocycles. The van der Waals surface area contributed by atoms with Crippen molar-refractivity contribution in [1.29, 1.82) is 0 Å². The number of nitrogens with zero attached hydrogens (tertiary/aromatic N) is 2. The minimum Gasteiger partial charge on any atom is -0.369 e. The maximum absolute atomic E-state index is 12.5. The van der Waals surface area contributed by atoms with E-state index in [4.69, 9.17) is 0 Å². The molecule has 0 radical (unpaired) electrons. The van der Waals surface area contributed by atoms with Crippen LogP contribution < -0.4 is 5.32 Å². The second-order valence-electron chi connectivity index (χ2n) is 4.46. The third-order valence-corrected chi connectivity index (χ3v) is 4.72. The number of aromatic nitrogens is 1. The fourth-order valence-electron chi connectivity index (χ4n) is 1.64. The Labute approximate surface area is 116 Å². The van der Waals surface area contributed by atoms with Gasteiger partial charge in [-0.25, -0.2) is 17.7 Å². The molecule has 1 aromatic heterocycles. The highest BCUT2D eigenvalue weighted by Crippen LogP contribution is 2.21. The zero-order chi connectivity index (χ0) is 14.3. The van der Waals surface area contributed by atoms with E-state index in [1.807, 2.05) is 13.8 Å². The van der Waals surface area contributed by atoms with E-state index in [9.17, 15) is 8.42 Å². The molecule has 0 bridgehead atoms. The SMILES string of the molecule is CCCCN(C)S(=O)(=O)c1cccnc1NCCC. The predicted octanol–water partition coefficient (Wildman–Crippen LogP) is 2.32. The third kappa shape index (κ3) is 4.18.